The number of hydrogen-bond donors (Lipinski definition) is 1. The molecule has 1 N–H and O–H groups in total. The van der Waals surface area contributed by atoms with Crippen LogP contribution < -0.4 is 0 Å². The number of benzene rings is 1. The molecule has 0 aliphatic carbocycles. The average Bonchev–Trinajstić information content (AvgIpc) is 1.88. The van der Waals surface area contributed by atoms with Crippen LogP contribution in [0.5, 0.6) is 5.75 Å². The van der Waals surface area contributed by atoms with Gasteiger partial charge in [0.1, 0.15) is 5.75 Å². The van der Waals surface area contributed by atoms with E-state index in [1.165, 1.54) is 12.1 Å². The molecule has 0 aliphatic rings. The summed E-state index contributed by atoms with van der Waals surface area (Å²) in [4.78, 5) is 10.5. The van der Waals surface area contributed by atoms with Crippen LogP contribution in [0.3, 0.4) is 0 Å². The summed E-state index contributed by atoms with van der Waals surface area (Å²) in [6.45, 7) is 0. The summed E-state index contributed by atoms with van der Waals surface area (Å²) < 4.78 is 0. The molecule has 1 aromatic carbocycles. The number of carbonyl (C=O) groups excluding carboxylic acids is 1. The van der Waals surface area contributed by atoms with E-state index in [2.05, 4.69) is 12.6 Å². The van der Waals surface area contributed by atoms with E-state index in [0.717, 1.165) is 0 Å². The smallest absolute Gasteiger partial charge is 0.737 e. The van der Waals surface area contributed by atoms with Gasteiger partial charge in [0.15, 0.2) is 0 Å². The first-order chi connectivity index (χ1) is 4.72. The third-order valence-electron chi connectivity index (χ3n) is 1.12. The number of para-hydroxylation sites is 1. The zero-order valence-corrected chi connectivity index (χ0v) is 8.36. The van der Waals surface area contributed by atoms with Gasteiger partial charge in [0.2, 0.25) is 0 Å². The summed E-state index contributed by atoms with van der Waals surface area (Å²) >= 11 is 4.33. The fraction of sp³-hybridized carbons (Fsp3) is 0. The average molecular weight is 350 g/mol. The SMILES string of the molecule is O=C([S-])c1ccccc1O.[Au+]. The molecule has 0 saturated heterocycles. The molecular weight excluding hydrogens is 345 g/mol. The van der Waals surface area contributed by atoms with Gasteiger partial charge in [0.05, 0.1) is 0 Å². The molecule has 0 unspecified atom stereocenters. The molecule has 0 saturated carbocycles. The third kappa shape index (κ3) is 2.63. The minimum Gasteiger partial charge on any atom is -0.737 e. The van der Waals surface area contributed by atoms with Crippen LogP contribution in [-0.2, 0) is 35.0 Å². The number of carbonyl (C=O) groups is 1. The van der Waals surface area contributed by atoms with Gasteiger partial charge < -0.3 is 22.5 Å². The number of rotatable bonds is 1. The Labute approximate surface area is 85.5 Å². The summed E-state index contributed by atoms with van der Waals surface area (Å²) in [7, 11) is 0. The molecule has 0 aromatic heterocycles. The van der Waals surface area contributed by atoms with Crippen LogP contribution in [-0.4, -0.2) is 10.2 Å². The van der Waals surface area contributed by atoms with Gasteiger partial charge in [-0.2, -0.15) is 0 Å². The van der Waals surface area contributed by atoms with Crippen molar-refractivity contribution in [1.82, 2.24) is 0 Å². The van der Waals surface area contributed by atoms with Crippen molar-refractivity contribution < 1.29 is 32.3 Å². The van der Waals surface area contributed by atoms with Gasteiger partial charge >= 0.3 is 22.4 Å². The van der Waals surface area contributed by atoms with Gasteiger partial charge in [-0.3, -0.25) is 0 Å². The second-order valence-electron chi connectivity index (χ2n) is 1.80. The Morgan fingerprint density at radius 1 is 1.36 bits per heavy atom. The van der Waals surface area contributed by atoms with Crippen LogP contribution >= 0.6 is 0 Å². The molecular formula is C7H5AuO2S. The van der Waals surface area contributed by atoms with Crippen molar-refractivity contribution >= 4 is 17.7 Å². The van der Waals surface area contributed by atoms with Crippen LogP contribution in [0.2, 0.25) is 0 Å². The molecule has 2 nitrogen and oxygen atoms in total. The molecule has 4 heteroatoms. The molecule has 11 heavy (non-hydrogen) atoms. The topological polar surface area (TPSA) is 37.3 Å². The van der Waals surface area contributed by atoms with Crippen LogP contribution in [0, 0.1) is 0 Å². The molecule has 1 aromatic rings. The summed E-state index contributed by atoms with van der Waals surface area (Å²) in [5.74, 6) is -0.0532. The zero-order chi connectivity index (χ0) is 7.56. The van der Waals surface area contributed by atoms with E-state index in [9.17, 15) is 4.79 Å². The van der Waals surface area contributed by atoms with Gasteiger partial charge in [-0.25, -0.2) is 0 Å². The Morgan fingerprint density at radius 2 is 1.91 bits per heavy atom. The second-order valence-corrected chi connectivity index (χ2v) is 2.18. The Balaban J connectivity index is 0.000001000. The first-order valence-electron chi connectivity index (χ1n) is 2.71. The summed E-state index contributed by atoms with van der Waals surface area (Å²) in [5.41, 5.74) is 0.192. The maximum atomic E-state index is 10.5. The van der Waals surface area contributed by atoms with Crippen LogP contribution in [0.25, 0.3) is 0 Å². The van der Waals surface area contributed by atoms with Gasteiger partial charge in [-0.05, 0) is 12.1 Å². The number of hydrogen-bond acceptors (Lipinski definition) is 3. The van der Waals surface area contributed by atoms with Crippen molar-refractivity contribution in [2.24, 2.45) is 0 Å². The maximum absolute atomic E-state index is 10.5. The van der Waals surface area contributed by atoms with Gasteiger partial charge in [-0.15, -0.1) is 0 Å². The van der Waals surface area contributed by atoms with Crippen molar-refractivity contribution in [3.63, 3.8) is 0 Å². The van der Waals surface area contributed by atoms with Gasteiger partial charge in [-0.1, -0.05) is 12.1 Å². The molecule has 0 aliphatic heterocycles. The Morgan fingerprint density at radius 3 is 2.27 bits per heavy atom. The first kappa shape index (κ1) is 10.7. The Hall–Kier alpha value is -0.350. The van der Waals surface area contributed by atoms with E-state index in [-0.39, 0.29) is 33.7 Å². The summed E-state index contributed by atoms with van der Waals surface area (Å²) in [6, 6.07) is 6.21. The maximum Gasteiger partial charge on any atom is 1.00 e. The van der Waals surface area contributed by atoms with Crippen LogP contribution in [0.1, 0.15) is 10.4 Å². The molecule has 0 radical (unpaired) electrons. The Bertz CT molecular complexity index is 262. The van der Waals surface area contributed by atoms with Gasteiger partial charge in [0.25, 0.3) is 0 Å². The van der Waals surface area contributed by atoms with E-state index < -0.39 is 5.12 Å². The van der Waals surface area contributed by atoms with Crippen molar-refractivity contribution in [1.29, 1.82) is 0 Å². The molecule has 0 spiro atoms. The number of phenols is 1. The molecule has 1 rings (SSSR count). The quantitative estimate of drug-likeness (QED) is 0.609. The second kappa shape index (κ2) is 4.51. The summed E-state index contributed by atoms with van der Waals surface area (Å²) in [5, 5.41) is 8.46. The van der Waals surface area contributed by atoms with E-state index >= 15 is 0 Å². The minimum absolute atomic E-state index is 0. The van der Waals surface area contributed by atoms with Gasteiger partial charge in [0, 0.05) is 10.7 Å². The summed E-state index contributed by atoms with van der Waals surface area (Å²) in [6.07, 6.45) is 0. The minimum atomic E-state index is -0.530. The molecule has 0 amide bonds. The molecule has 0 bridgehead atoms. The van der Waals surface area contributed by atoms with E-state index in [1.54, 1.807) is 12.1 Å². The molecule has 62 valence electrons. The normalized spacial score (nSPS) is 8.36. The monoisotopic (exact) mass is 350 g/mol. The first-order valence-corrected chi connectivity index (χ1v) is 3.12. The molecule has 0 heterocycles. The van der Waals surface area contributed by atoms with Crippen molar-refractivity contribution in [2.45, 2.75) is 0 Å². The third-order valence-corrected chi connectivity index (χ3v) is 1.34. The van der Waals surface area contributed by atoms with Crippen molar-refractivity contribution in [2.75, 3.05) is 0 Å². The molecule has 0 fully saturated rings. The molecule has 0 atom stereocenters. The van der Waals surface area contributed by atoms with E-state index in [1.807, 2.05) is 0 Å². The number of phenolic OH excluding ortho intramolecular Hbond substituents is 1. The van der Waals surface area contributed by atoms with Crippen LogP contribution in [0.4, 0.5) is 0 Å². The van der Waals surface area contributed by atoms with Crippen molar-refractivity contribution in [3.8, 4) is 5.75 Å². The Kier molecular flexibility index (Phi) is 4.37. The fourth-order valence-corrected chi connectivity index (χ4v) is 0.819. The van der Waals surface area contributed by atoms with Crippen LogP contribution in [0.15, 0.2) is 24.3 Å². The predicted octanol–water partition coefficient (Wildman–Crippen LogP) is 1.08. The standard InChI is InChI=1S/C7H6O2S.Au/c8-6-4-2-1-3-5(6)7(9)10;/h1-4,8H,(H,9,10);/q;+1/p-1. The largest absolute Gasteiger partial charge is 1.00 e. The fourth-order valence-electron chi connectivity index (χ4n) is 0.646. The van der Waals surface area contributed by atoms with Crippen molar-refractivity contribution in [3.05, 3.63) is 29.8 Å². The zero-order valence-electron chi connectivity index (χ0n) is 5.37. The van der Waals surface area contributed by atoms with E-state index in [0.29, 0.717) is 0 Å². The predicted molar refractivity (Wildman–Crippen MR) is 39.8 cm³/mol. The van der Waals surface area contributed by atoms with E-state index in [4.69, 9.17) is 5.11 Å². The number of aromatic hydroxyl groups is 1.